The fourth-order valence-electron chi connectivity index (χ4n) is 2.03. The Morgan fingerprint density at radius 1 is 1.04 bits per heavy atom. The summed E-state index contributed by atoms with van der Waals surface area (Å²) in [6.07, 6.45) is 1.66. The summed E-state index contributed by atoms with van der Waals surface area (Å²) < 4.78 is 11.6. The van der Waals surface area contributed by atoms with Gasteiger partial charge in [0, 0.05) is 4.47 Å². The third-order valence-electron chi connectivity index (χ3n) is 3.19. The van der Waals surface area contributed by atoms with Gasteiger partial charge in [0.05, 0.1) is 23.0 Å². The van der Waals surface area contributed by atoms with Crippen molar-refractivity contribution in [2.24, 2.45) is 0 Å². The number of aromatic nitrogens is 2. The molecule has 2 aromatic carbocycles. The quantitative estimate of drug-likeness (QED) is 0.326. The number of hydrogen-bond donors (Lipinski definition) is 0. The highest BCUT2D eigenvalue weighted by molar-refractivity contribution is 9.10. The molecule has 25 heavy (non-hydrogen) atoms. The number of nitrogens with zero attached hydrogens (tertiary/aromatic N) is 2. The average molecular weight is 419 g/mol. The predicted molar refractivity (Wildman–Crippen MR) is 101 cm³/mol. The van der Waals surface area contributed by atoms with Gasteiger partial charge < -0.3 is 9.47 Å². The molecule has 0 aliphatic heterocycles. The molecule has 0 amide bonds. The van der Waals surface area contributed by atoms with E-state index in [4.69, 9.17) is 9.47 Å². The van der Waals surface area contributed by atoms with Crippen LogP contribution in [0, 0.1) is 0 Å². The lowest BCUT2D eigenvalue weighted by Gasteiger charge is -2.07. The van der Waals surface area contributed by atoms with Crippen LogP contribution in [0.1, 0.15) is 0 Å². The van der Waals surface area contributed by atoms with Gasteiger partial charge in [0.1, 0.15) is 24.0 Å². The van der Waals surface area contributed by atoms with Crippen LogP contribution in [0.5, 0.6) is 5.75 Å². The van der Waals surface area contributed by atoms with Crippen molar-refractivity contribution in [3.63, 3.8) is 0 Å². The minimum atomic E-state index is -0.306. The first-order valence-corrected chi connectivity index (χ1v) is 9.37. The van der Waals surface area contributed by atoms with E-state index in [2.05, 4.69) is 25.9 Å². The third kappa shape index (κ3) is 5.44. The Balaban J connectivity index is 1.39. The van der Waals surface area contributed by atoms with Crippen molar-refractivity contribution in [1.29, 1.82) is 0 Å². The van der Waals surface area contributed by atoms with Gasteiger partial charge in [-0.3, -0.25) is 9.78 Å². The number of thioether (sulfide) groups is 1. The summed E-state index contributed by atoms with van der Waals surface area (Å²) in [6, 6.07) is 15.1. The average Bonchev–Trinajstić information content (AvgIpc) is 2.65. The van der Waals surface area contributed by atoms with Gasteiger partial charge in [-0.25, -0.2) is 4.98 Å². The highest BCUT2D eigenvalue weighted by Gasteiger charge is 2.06. The molecule has 3 aromatic rings. The smallest absolute Gasteiger partial charge is 0.316 e. The van der Waals surface area contributed by atoms with Crippen molar-refractivity contribution in [2.75, 3.05) is 19.0 Å². The zero-order valence-electron chi connectivity index (χ0n) is 13.2. The summed E-state index contributed by atoms with van der Waals surface area (Å²) in [5.74, 6) is 0.616. The van der Waals surface area contributed by atoms with Gasteiger partial charge >= 0.3 is 5.97 Å². The van der Waals surface area contributed by atoms with E-state index >= 15 is 0 Å². The number of halogens is 1. The summed E-state index contributed by atoms with van der Waals surface area (Å²) in [4.78, 5) is 20.6. The normalized spacial score (nSPS) is 10.6. The Hall–Kier alpha value is -2.12. The van der Waals surface area contributed by atoms with Crippen LogP contribution in [0.25, 0.3) is 11.0 Å². The lowest BCUT2D eigenvalue weighted by molar-refractivity contribution is -0.141. The zero-order chi connectivity index (χ0) is 17.5. The van der Waals surface area contributed by atoms with Crippen molar-refractivity contribution in [3.05, 3.63) is 59.2 Å². The van der Waals surface area contributed by atoms with Crippen LogP contribution in [-0.2, 0) is 9.53 Å². The van der Waals surface area contributed by atoms with E-state index in [1.807, 2.05) is 48.5 Å². The third-order valence-corrected chi connectivity index (χ3v) is 4.59. The maximum atomic E-state index is 11.8. The molecule has 0 spiro atoms. The molecule has 5 nitrogen and oxygen atoms in total. The van der Waals surface area contributed by atoms with E-state index in [-0.39, 0.29) is 18.3 Å². The number of para-hydroxylation sites is 2. The lowest BCUT2D eigenvalue weighted by Crippen LogP contribution is -2.13. The largest absolute Gasteiger partial charge is 0.490 e. The van der Waals surface area contributed by atoms with Crippen LogP contribution >= 0.6 is 27.7 Å². The molecule has 0 saturated carbocycles. The first-order chi connectivity index (χ1) is 12.2. The molecule has 0 bridgehead atoms. The maximum absolute atomic E-state index is 11.8. The van der Waals surface area contributed by atoms with Gasteiger partial charge in [-0.15, -0.1) is 0 Å². The molecule has 0 aliphatic carbocycles. The SMILES string of the molecule is O=C(CSc1cnc2ccccc2n1)OCCOc1ccc(Br)cc1. The molecule has 3 rings (SSSR count). The van der Waals surface area contributed by atoms with E-state index in [0.29, 0.717) is 11.6 Å². The number of rotatable bonds is 7. The number of ether oxygens (including phenoxy) is 2. The molecular formula is C18H15BrN2O3S. The first kappa shape index (κ1) is 17.7. The van der Waals surface area contributed by atoms with Crippen molar-refractivity contribution >= 4 is 44.7 Å². The molecule has 0 unspecified atom stereocenters. The predicted octanol–water partition coefficient (Wildman–Crippen LogP) is 4.11. The van der Waals surface area contributed by atoms with Crippen LogP contribution in [0.3, 0.4) is 0 Å². The number of carbonyl (C=O) groups is 1. The summed E-state index contributed by atoms with van der Waals surface area (Å²) in [7, 11) is 0. The molecule has 0 N–H and O–H groups in total. The second-order valence-electron chi connectivity index (χ2n) is 5.01. The Kier molecular flexibility index (Phi) is 6.25. The fourth-order valence-corrected chi connectivity index (χ4v) is 2.93. The van der Waals surface area contributed by atoms with E-state index < -0.39 is 0 Å². The lowest BCUT2D eigenvalue weighted by atomic mass is 10.3. The monoisotopic (exact) mass is 418 g/mol. The van der Waals surface area contributed by atoms with E-state index in [0.717, 1.165) is 21.3 Å². The standard InChI is InChI=1S/C18H15BrN2O3S/c19-13-5-7-14(8-6-13)23-9-10-24-18(22)12-25-17-11-20-15-3-1-2-4-16(15)21-17/h1-8,11H,9-10,12H2. The van der Waals surface area contributed by atoms with Gasteiger partial charge in [-0.2, -0.15) is 0 Å². The second kappa shape index (κ2) is 8.82. The van der Waals surface area contributed by atoms with Crippen LogP contribution in [0.4, 0.5) is 0 Å². The Bertz CT molecular complexity index is 858. The van der Waals surface area contributed by atoms with Crippen LogP contribution in [-0.4, -0.2) is 34.9 Å². The molecule has 0 radical (unpaired) electrons. The maximum Gasteiger partial charge on any atom is 0.316 e. The molecule has 1 heterocycles. The molecule has 0 saturated heterocycles. The van der Waals surface area contributed by atoms with Crippen molar-refractivity contribution in [1.82, 2.24) is 9.97 Å². The van der Waals surface area contributed by atoms with Crippen molar-refractivity contribution in [2.45, 2.75) is 5.03 Å². The fraction of sp³-hybridized carbons (Fsp3) is 0.167. The summed E-state index contributed by atoms with van der Waals surface area (Å²) >= 11 is 4.66. The molecule has 0 fully saturated rings. The summed E-state index contributed by atoms with van der Waals surface area (Å²) in [5.41, 5.74) is 1.64. The van der Waals surface area contributed by atoms with Gasteiger partial charge in [0.15, 0.2) is 0 Å². The van der Waals surface area contributed by atoms with E-state index in [1.54, 1.807) is 6.20 Å². The van der Waals surface area contributed by atoms with Gasteiger partial charge in [0.25, 0.3) is 0 Å². The minimum Gasteiger partial charge on any atom is -0.490 e. The molecule has 0 atom stereocenters. The highest BCUT2D eigenvalue weighted by atomic mass is 79.9. The van der Waals surface area contributed by atoms with E-state index in [9.17, 15) is 4.79 Å². The Morgan fingerprint density at radius 2 is 1.80 bits per heavy atom. The van der Waals surface area contributed by atoms with Crippen LogP contribution < -0.4 is 4.74 Å². The molecule has 128 valence electrons. The number of fused-ring (bicyclic) bond motifs is 1. The van der Waals surface area contributed by atoms with Gasteiger partial charge in [-0.1, -0.05) is 39.8 Å². The topological polar surface area (TPSA) is 61.3 Å². The van der Waals surface area contributed by atoms with E-state index in [1.165, 1.54) is 11.8 Å². The van der Waals surface area contributed by atoms with Crippen LogP contribution in [0.2, 0.25) is 0 Å². The number of carbonyl (C=O) groups excluding carboxylic acids is 1. The Labute approximate surface area is 157 Å². The summed E-state index contributed by atoms with van der Waals surface area (Å²) in [5, 5.41) is 0.696. The van der Waals surface area contributed by atoms with Crippen molar-refractivity contribution in [3.8, 4) is 5.75 Å². The zero-order valence-corrected chi connectivity index (χ0v) is 15.6. The number of benzene rings is 2. The van der Waals surface area contributed by atoms with Crippen LogP contribution in [0.15, 0.2) is 64.2 Å². The van der Waals surface area contributed by atoms with Gasteiger partial charge in [-0.05, 0) is 36.4 Å². The first-order valence-electron chi connectivity index (χ1n) is 7.59. The van der Waals surface area contributed by atoms with Crippen molar-refractivity contribution < 1.29 is 14.3 Å². The highest BCUT2D eigenvalue weighted by Crippen LogP contribution is 2.18. The molecule has 0 aliphatic rings. The second-order valence-corrected chi connectivity index (χ2v) is 6.92. The Morgan fingerprint density at radius 3 is 2.60 bits per heavy atom. The van der Waals surface area contributed by atoms with Gasteiger partial charge in [0.2, 0.25) is 0 Å². The summed E-state index contributed by atoms with van der Waals surface area (Å²) in [6.45, 7) is 0.521. The minimum absolute atomic E-state index is 0.186. The number of hydrogen-bond acceptors (Lipinski definition) is 6. The number of esters is 1. The molecule has 1 aromatic heterocycles. The molecular weight excluding hydrogens is 404 g/mol. The molecule has 7 heteroatoms.